The normalized spacial score (nSPS) is 33.4. The van der Waals surface area contributed by atoms with Crippen molar-refractivity contribution in [2.45, 2.75) is 71.1 Å². The minimum absolute atomic E-state index is 0.241. The van der Waals surface area contributed by atoms with Gasteiger partial charge in [-0.05, 0) is 50.0 Å². The van der Waals surface area contributed by atoms with Gasteiger partial charge in [-0.15, -0.1) is 0 Å². The molecule has 1 amide bonds. The zero-order valence-corrected chi connectivity index (χ0v) is 13.6. The molecule has 19 heavy (non-hydrogen) atoms. The van der Waals surface area contributed by atoms with Gasteiger partial charge in [-0.1, -0.05) is 20.8 Å². The van der Waals surface area contributed by atoms with Crippen molar-refractivity contribution in [1.29, 1.82) is 0 Å². The van der Waals surface area contributed by atoms with Crippen LogP contribution < -0.4 is 5.32 Å². The molecular formula is C15H28N2OS. The van der Waals surface area contributed by atoms with E-state index in [-0.39, 0.29) is 11.7 Å². The molecule has 4 heteroatoms. The van der Waals surface area contributed by atoms with Gasteiger partial charge in [-0.2, -0.15) is 11.8 Å². The minimum Gasteiger partial charge on any atom is -0.322 e. The monoisotopic (exact) mass is 284 g/mol. The van der Waals surface area contributed by atoms with E-state index in [9.17, 15) is 4.79 Å². The van der Waals surface area contributed by atoms with Crippen LogP contribution in [-0.4, -0.2) is 40.1 Å². The molecule has 2 fully saturated rings. The fraction of sp³-hybridized carbons (Fsp3) is 0.933. The maximum Gasteiger partial charge on any atom is 0.244 e. The molecule has 0 aliphatic carbocycles. The third-order valence-corrected chi connectivity index (χ3v) is 5.56. The van der Waals surface area contributed by atoms with Crippen molar-refractivity contribution in [1.82, 2.24) is 10.2 Å². The van der Waals surface area contributed by atoms with Gasteiger partial charge in [0.2, 0.25) is 5.91 Å². The molecule has 0 spiro atoms. The van der Waals surface area contributed by atoms with Crippen LogP contribution >= 0.6 is 11.8 Å². The molecule has 2 saturated heterocycles. The summed E-state index contributed by atoms with van der Waals surface area (Å²) in [4.78, 5) is 15.0. The first-order valence-corrected chi connectivity index (χ1v) is 8.81. The number of thioether (sulfide) groups is 1. The first-order valence-electron chi connectivity index (χ1n) is 7.66. The van der Waals surface area contributed by atoms with E-state index < -0.39 is 0 Å². The van der Waals surface area contributed by atoms with Crippen LogP contribution in [-0.2, 0) is 4.79 Å². The molecule has 0 aromatic heterocycles. The quantitative estimate of drug-likeness (QED) is 0.861. The van der Waals surface area contributed by atoms with Gasteiger partial charge in [0.15, 0.2) is 0 Å². The molecular weight excluding hydrogens is 256 g/mol. The molecule has 2 aliphatic rings. The van der Waals surface area contributed by atoms with Crippen LogP contribution in [0.15, 0.2) is 0 Å². The number of nitrogens with zero attached hydrogens (tertiary/aromatic N) is 1. The summed E-state index contributed by atoms with van der Waals surface area (Å²) in [7, 11) is 0. The Kier molecular flexibility index (Phi) is 4.83. The summed E-state index contributed by atoms with van der Waals surface area (Å²) >= 11 is 2.02. The van der Waals surface area contributed by atoms with Crippen molar-refractivity contribution in [2.24, 2.45) is 5.92 Å². The SMILES string of the molecule is CCC1(C)NC(CC(C)C)N(C2CCSCC2)C1=O. The molecule has 110 valence electrons. The van der Waals surface area contributed by atoms with Crippen molar-refractivity contribution in [3.63, 3.8) is 0 Å². The minimum atomic E-state index is -0.343. The van der Waals surface area contributed by atoms with Crippen LogP contribution in [0.25, 0.3) is 0 Å². The van der Waals surface area contributed by atoms with E-state index in [1.807, 2.05) is 11.8 Å². The lowest BCUT2D eigenvalue weighted by atomic mass is 9.98. The molecule has 0 bridgehead atoms. The predicted octanol–water partition coefficient (Wildman–Crippen LogP) is 2.85. The summed E-state index contributed by atoms with van der Waals surface area (Å²) in [5, 5.41) is 3.62. The van der Waals surface area contributed by atoms with E-state index in [1.54, 1.807) is 0 Å². The topological polar surface area (TPSA) is 32.3 Å². The Morgan fingerprint density at radius 2 is 2.05 bits per heavy atom. The molecule has 2 unspecified atom stereocenters. The molecule has 0 aromatic rings. The summed E-state index contributed by atoms with van der Waals surface area (Å²) < 4.78 is 0. The number of amides is 1. The molecule has 0 radical (unpaired) electrons. The molecule has 0 aromatic carbocycles. The number of rotatable bonds is 4. The van der Waals surface area contributed by atoms with Crippen molar-refractivity contribution >= 4 is 17.7 Å². The molecule has 3 nitrogen and oxygen atoms in total. The number of hydrogen-bond acceptors (Lipinski definition) is 3. The number of carbonyl (C=O) groups is 1. The molecule has 2 atom stereocenters. The van der Waals surface area contributed by atoms with Gasteiger partial charge in [0.05, 0.1) is 11.7 Å². The Bertz CT molecular complexity index is 328. The molecule has 1 N–H and O–H groups in total. The smallest absolute Gasteiger partial charge is 0.244 e. The first-order chi connectivity index (χ1) is 8.98. The third kappa shape index (κ3) is 3.10. The van der Waals surface area contributed by atoms with Crippen LogP contribution in [0.5, 0.6) is 0 Å². The van der Waals surface area contributed by atoms with E-state index in [1.165, 1.54) is 11.5 Å². The highest BCUT2D eigenvalue weighted by Gasteiger charge is 2.49. The zero-order valence-electron chi connectivity index (χ0n) is 12.7. The standard InChI is InChI=1S/C15H28N2OS/c1-5-15(4)14(18)17(12-6-8-19-9-7-12)13(16-15)10-11(2)3/h11-13,16H,5-10H2,1-4H3. The lowest BCUT2D eigenvalue weighted by Crippen LogP contribution is -2.47. The Balaban J connectivity index is 2.17. The molecule has 0 saturated carbocycles. The Morgan fingerprint density at radius 1 is 1.42 bits per heavy atom. The fourth-order valence-electron chi connectivity index (χ4n) is 3.18. The lowest BCUT2D eigenvalue weighted by Gasteiger charge is -2.35. The van der Waals surface area contributed by atoms with Gasteiger partial charge in [0, 0.05) is 6.04 Å². The van der Waals surface area contributed by atoms with Gasteiger partial charge in [-0.25, -0.2) is 0 Å². The van der Waals surface area contributed by atoms with Crippen molar-refractivity contribution < 1.29 is 4.79 Å². The molecule has 2 rings (SSSR count). The Morgan fingerprint density at radius 3 is 2.58 bits per heavy atom. The summed E-state index contributed by atoms with van der Waals surface area (Å²) in [6.45, 7) is 8.66. The predicted molar refractivity (Wildman–Crippen MR) is 82.3 cm³/mol. The largest absolute Gasteiger partial charge is 0.322 e. The average Bonchev–Trinajstić information content (AvgIpc) is 2.62. The first kappa shape index (κ1) is 15.2. The highest BCUT2D eigenvalue weighted by molar-refractivity contribution is 7.99. The number of hydrogen-bond donors (Lipinski definition) is 1. The van der Waals surface area contributed by atoms with Crippen molar-refractivity contribution in [3.05, 3.63) is 0 Å². The Hall–Kier alpha value is -0.220. The molecule has 2 heterocycles. The third-order valence-electron chi connectivity index (χ3n) is 4.51. The van der Waals surface area contributed by atoms with E-state index in [4.69, 9.17) is 0 Å². The second-order valence-corrected chi connectivity index (χ2v) is 7.76. The maximum absolute atomic E-state index is 12.8. The zero-order chi connectivity index (χ0) is 14.0. The second kappa shape index (κ2) is 6.04. The van der Waals surface area contributed by atoms with Crippen LogP contribution in [0.4, 0.5) is 0 Å². The van der Waals surface area contributed by atoms with E-state index in [0.717, 1.165) is 25.7 Å². The van der Waals surface area contributed by atoms with Crippen molar-refractivity contribution in [3.8, 4) is 0 Å². The second-order valence-electron chi connectivity index (χ2n) is 6.53. The van der Waals surface area contributed by atoms with Crippen LogP contribution in [0.1, 0.15) is 53.4 Å². The van der Waals surface area contributed by atoms with Crippen LogP contribution in [0.2, 0.25) is 0 Å². The summed E-state index contributed by atoms with van der Waals surface area (Å²) in [5.74, 6) is 3.35. The van der Waals surface area contributed by atoms with E-state index in [0.29, 0.717) is 17.9 Å². The van der Waals surface area contributed by atoms with Gasteiger partial charge >= 0.3 is 0 Å². The highest BCUT2D eigenvalue weighted by atomic mass is 32.2. The van der Waals surface area contributed by atoms with Gasteiger partial charge < -0.3 is 4.90 Å². The van der Waals surface area contributed by atoms with Gasteiger partial charge in [0.1, 0.15) is 0 Å². The maximum atomic E-state index is 12.8. The van der Waals surface area contributed by atoms with Crippen molar-refractivity contribution in [2.75, 3.05) is 11.5 Å². The highest BCUT2D eigenvalue weighted by Crippen LogP contribution is 2.33. The van der Waals surface area contributed by atoms with Crippen LogP contribution in [0, 0.1) is 5.92 Å². The Labute approximate surface area is 121 Å². The van der Waals surface area contributed by atoms with E-state index in [2.05, 4.69) is 37.9 Å². The molecule has 2 aliphatic heterocycles. The summed E-state index contributed by atoms with van der Waals surface area (Å²) in [6, 6.07) is 0.457. The van der Waals surface area contributed by atoms with Crippen LogP contribution in [0.3, 0.4) is 0 Å². The van der Waals surface area contributed by atoms with E-state index >= 15 is 0 Å². The number of carbonyl (C=O) groups excluding carboxylic acids is 1. The van der Waals surface area contributed by atoms with Gasteiger partial charge in [-0.3, -0.25) is 10.1 Å². The van der Waals surface area contributed by atoms with Gasteiger partial charge in [0.25, 0.3) is 0 Å². The summed E-state index contributed by atoms with van der Waals surface area (Å²) in [5.41, 5.74) is -0.343. The average molecular weight is 284 g/mol. The number of nitrogens with one attached hydrogen (secondary N) is 1. The lowest BCUT2D eigenvalue weighted by molar-refractivity contribution is -0.135. The fourth-order valence-corrected chi connectivity index (χ4v) is 4.26. The summed E-state index contributed by atoms with van der Waals surface area (Å²) in [6.07, 6.45) is 4.49.